The van der Waals surface area contributed by atoms with Gasteiger partial charge in [0, 0.05) is 23.9 Å². The van der Waals surface area contributed by atoms with Crippen molar-refractivity contribution in [3.05, 3.63) is 100 Å². The van der Waals surface area contributed by atoms with Gasteiger partial charge in [0.15, 0.2) is 0 Å². The van der Waals surface area contributed by atoms with Gasteiger partial charge in [-0.1, -0.05) is 60.7 Å². The number of hydrogen-bond acceptors (Lipinski definition) is 4. The summed E-state index contributed by atoms with van der Waals surface area (Å²) in [7, 11) is 0. The number of carbonyl (C=O) groups excluding carboxylic acids is 1. The molecule has 1 heterocycles. The first-order chi connectivity index (χ1) is 15.6. The van der Waals surface area contributed by atoms with E-state index in [-0.39, 0.29) is 0 Å². The van der Waals surface area contributed by atoms with Crippen molar-refractivity contribution < 1.29 is 14.6 Å². The van der Waals surface area contributed by atoms with E-state index in [4.69, 9.17) is 4.74 Å². The molecule has 0 saturated carbocycles. The number of rotatable bonds is 7. The maximum Gasteiger partial charge on any atom is 0.407 e. The highest BCUT2D eigenvalue weighted by atomic mass is 16.6. The van der Waals surface area contributed by atoms with Gasteiger partial charge in [0.25, 0.3) is 0 Å². The SMILES string of the molecule is Cc1ccccc1CC(NC(=O)OC(C)(C)C)C(O)c1cnc(Cc2ccccc2)c(C)c1. The third kappa shape index (κ3) is 7.16. The minimum atomic E-state index is -0.936. The van der Waals surface area contributed by atoms with Crippen LogP contribution in [0, 0.1) is 13.8 Å². The van der Waals surface area contributed by atoms with Crippen molar-refractivity contribution in [1.29, 1.82) is 0 Å². The van der Waals surface area contributed by atoms with Crippen LogP contribution in [0.2, 0.25) is 0 Å². The van der Waals surface area contributed by atoms with E-state index in [0.29, 0.717) is 12.0 Å². The summed E-state index contributed by atoms with van der Waals surface area (Å²) >= 11 is 0. The lowest BCUT2D eigenvalue weighted by molar-refractivity contribution is 0.0420. The second-order valence-corrected chi connectivity index (χ2v) is 9.52. The molecule has 0 spiro atoms. The van der Waals surface area contributed by atoms with E-state index in [1.54, 1.807) is 6.20 Å². The molecule has 0 aliphatic carbocycles. The van der Waals surface area contributed by atoms with Crippen LogP contribution in [0.3, 0.4) is 0 Å². The number of aromatic nitrogens is 1. The van der Waals surface area contributed by atoms with Gasteiger partial charge < -0.3 is 15.2 Å². The quantitative estimate of drug-likeness (QED) is 0.506. The Bertz CT molecular complexity index is 1070. The fourth-order valence-electron chi connectivity index (χ4n) is 3.77. The Labute approximate surface area is 196 Å². The summed E-state index contributed by atoms with van der Waals surface area (Å²) in [5.74, 6) is 0. The summed E-state index contributed by atoms with van der Waals surface area (Å²) in [4.78, 5) is 17.2. The summed E-state index contributed by atoms with van der Waals surface area (Å²) in [6.45, 7) is 9.48. The molecule has 174 valence electrons. The lowest BCUT2D eigenvalue weighted by Crippen LogP contribution is -2.43. The van der Waals surface area contributed by atoms with Gasteiger partial charge in [-0.25, -0.2) is 4.79 Å². The summed E-state index contributed by atoms with van der Waals surface area (Å²) in [6.07, 6.45) is 1.42. The van der Waals surface area contributed by atoms with Crippen LogP contribution in [0.15, 0.2) is 66.9 Å². The number of ether oxygens (including phenoxy) is 1. The van der Waals surface area contributed by atoms with Gasteiger partial charge in [-0.3, -0.25) is 4.98 Å². The lowest BCUT2D eigenvalue weighted by Gasteiger charge is -2.27. The van der Waals surface area contributed by atoms with E-state index < -0.39 is 23.8 Å². The van der Waals surface area contributed by atoms with E-state index in [9.17, 15) is 9.90 Å². The van der Waals surface area contributed by atoms with Crippen molar-refractivity contribution in [1.82, 2.24) is 10.3 Å². The molecule has 0 radical (unpaired) electrons. The summed E-state index contributed by atoms with van der Waals surface area (Å²) in [6, 6.07) is 19.5. The molecular weight excluding hydrogens is 412 g/mol. The first kappa shape index (κ1) is 24.5. The van der Waals surface area contributed by atoms with Crippen LogP contribution < -0.4 is 5.32 Å². The Morgan fingerprint density at radius 3 is 2.33 bits per heavy atom. The second kappa shape index (κ2) is 10.6. The first-order valence-electron chi connectivity index (χ1n) is 11.3. The standard InChI is InChI=1S/C28H34N2O3/c1-19-11-9-10-14-22(19)17-25(30-27(32)33-28(3,4)5)26(31)23-15-20(2)24(29-18-23)16-21-12-7-6-8-13-21/h6-15,18,25-26,31H,16-17H2,1-5H3,(H,30,32). The van der Waals surface area contributed by atoms with Gasteiger partial charge in [0.05, 0.1) is 6.04 Å². The van der Waals surface area contributed by atoms with Crippen LogP contribution in [-0.4, -0.2) is 27.8 Å². The predicted octanol–water partition coefficient (Wildman–Crippen LogP) is 5.46. The number of alkyl carbamates (subject to hydrolysis) is 1. The first-order valence-corrected chi connectivity index (χ1v) is 11.3. The highest BCUT2D eigenvalue weighted by Gasteiger charge is 2.27. The van der Waals surface area contributed by atoms with Gasteiger partial charge in [-0.05, 0) is 63.3 Å². The fraction of sp³-hybridized carbons (Fsp3) is 0.357. The molecule has 0 fully saturated rings. The highest BCUT2D eigenvalue weighted by Crippen LogP contribution is 2.24. The molecule has 0 bridgehead atoms. The Kier molecular flexibility index (Phi) is 7.88. The summed E-state index contributed by atoms with van der Waals surface area (Å²) in [5, 5.41) is 14.2. The van der Waals surface area contributed by atoms with Crippen LogP contribution in [0.25, 0.3) is 0 Å². The van der Waals surface area contributed by atoms with Gasteiger partial charge in [0.2, 0.25) is 0 Å². The highest BCUT2D eigenvalue weighted by molar-refractivity contribution is 5.68. The molecule has 33 heavy (non-hydrogen) atoms. The number of benzene rings is 2. The topological polar surface area (TPSA) is 71.5 Å². The second-order valence-electron chi connectivity index (χ2n) is 9.52. The molecular formula is C28H34N2O3. The van der Waals surface area contributed by atoms with E-state index in [2.05, 4.69) is 22.4 Å². The molecule has 3 rings (SSSR count). The summed E-state index contributed by atoms with van der Waals surface area (Å²) in [5.41, 5.74) is 5.36. The van der Waals surface area contributed by atoms with Crippen molar-refractivity contribution in [2.45, 2.75) is 65.2 Å². The maximum absolute atomic E-state index is 12.5. The zero-order valence-corrected chi connectivity index (χ0v) is 20.1. The normalized spacial score (nSPS) is 13.3. The zero-order chi connectivity index (χ0) is 24.0. The molecule has 2 N–H and O–H groups in total. The molecule has 0 saturated heterocycles. The van der Waals surface area contributed by atoms with Crippen molar-refractivity contribution in [2.75, 3.05) is 0 Å². The molecule has 2 unspecified atom stereocenters. The zero-order valence-electron chi connectivity index (χ0n) is 20.1. The van der Waals surface area contributed by atoms with Gasteiger partial charge >= 0.3 is 6.09 Å². The van der Waals surface area contributed by atoms with Gasteiger partial charge in [0.1, 0.15) is 11.7 Å². The van der Waals surface area contributed by atoms with E-state index in [1.165, 1.54) is 5.56 Å². The average Bonchev–Trinajstić information content (AvgIpc) is 2.75. The Hall–Kier alpha value is -3.18. The predicted molar refractivity (Wildman–Crippen MR) is 131 cm³/mol. The van der Waals surface area contributed by atoms with Crippen LogP contribution >= 0.6 is 0 Å². The van der Waals surface area contributed by atoms with Crippen molar-refractivity contribution in [3.63, 3.8) is 0 Å². The number of amides is 1. The average molecular weight is 447 g/mol. The van der Waals surface area contributed by atoms with Crippen LogP contribution in [-0.2, 0) is 17.6 Å². The lowest BCUT2D eigenvalue weighted by atomic mass is 9.93. The van der Waals surface area contributed by atoms with Crippen molar-refractivity contribution in [2.24, 2.45) is 0 Å². The van der Waals surface area contributed by atoms with Crippen LogP contribution in [0.1, 0.15) is 60.4 Å². The number of aryl methyl sites for hydroxylation is 2. The number of pyridine rings is 1. The van der Waals surface area contributed by atoms with Crippen LogP contribution in [0.5, 0.6) is 0 Å². The number of aliphatic hydroxyl groups excluding tert-OH is 1. The third-order valence-electron chi connectivity index (χ3n) is 5.55. The molecule has 0 aliphatic heterocycles. The monoisotopic (exact) mass is 446 g/mol. The molecule has 5 nitrogen and oxygen atoms in total. The Morgan fingerprint density at radius 1 is 1.03 bits per heavy atom. The molecule has 0 aliphatic rings. The Balaban J connectivity index is 1.83. The van der Waals surface area contributed by atoms with E-state index in [1.807, 2.05) is 83.1 Å². The fourth-order valence-corrected chi connectivity index (χ4v) is 3.77. The number of carbonyl (C=O) groups is 1. The minimum absolute atomic E-state index is 0.470. The molecule has 3 aromatic rings. The van der Waals surface area contributed by atoms with E-state index >= 15 is 0 Å². The van der Waals surface area contributed by atoms with Gasteiger partial charge in [-0.2, -0.15) is 0 Å². The Morgan fingerprint density at radius 2 is 1.70 bits per heavy atom. The van der Waals surface area contributed by atoms with Crippen molar-refractivity contribution >= 4 is 6.09 Å². The van der Waals surface area contributed by atoms with Gasteiger partial charge in [-0.15, -0.1) is 0 Å². The minimum Gasteiger partial charge on any atom is -0.444 e. The largest absolute Gasteiger partial charge is 0.444 e. The molecule has 1 aromatic heterocycles. The number of nitrogens with zero attached hydrogens (tertiary/aromatic N) is 1. The number of aliphatic hydroxyl groups is 1. The molecule has 2 aromatic carbocycles. The van der Waals surface area contributed by atoms with Crippen molar-refractivity contribution in [3.8, 4) is 0 Å². The van der Waals surface area contributed by atoms with Crippen LogP contribution in [0.4, 0.5) is 4.79 Å². The maximum atomic E-state index is 12.5. The number of hydrogen-bond donors (Lipinski definition) is 2. The third-order valence-corrected chi connectivity index (χ3v) is 5.55. The van der Waals surface area contributed by atoms with E-state index in [0.717, 1.165) is 28.8 Å². The smallest absolute Gasteiger partial charge is 0.407 e. The summed E-state index contributed by atoms with van der Waals surface area (Å²) < 4.78 is 5.45. The molecule has 5 heteroatoms. The molecule has 1 amide bonds. The molecule has 2 atom stereocenters. The number of nitrogens with one attached hydrogen (secondary N) is 1.